The standard InChI is InChI=1S/C23H29N7O2/c1-16-4-9-20(32-3)19(14-16)25-23-27-21(26-22(24)28-23)15-29-10-12-30(13-11-29)17-5-7-18(31-2)8-6-17/h4-9,14H,10-13,15H2,1-3H3,(H3,24,25,26,27,28). The van der Waals surface area contributed by atoms with Gasteiger partial charge in [-0.15, -0.1) is 0 Å². The number of nitrogen functional groups attached to an aromatic ring is 1. The van der Waals surface area contributed by atoms with Crippen molar-refractivity contribution in [3.8, 4) is 11.5 Å². The lowest BCUT2D eigenvalue weighted by molar-refractivity contribution is 0.244. The predicted octanol–water partition coefficient (Wildman–Crippen LogP) is 2.85. The Balaban J connectivity index is 1.40. The summed E-state index contributed by atoms with van der Waals surface area (Å²) in [4.78, 5) is 17.9. The number of ether oxygens (including phenoxy) is 2. The number of aryl methyl sites for hydroxylation is 1. The van der Waals surface area contributed by atoms with Gasteiger partial charge in [0.25, 0.3) is 0 Å². The van der Waals surface area contributed by atoms with Crippen LogP contribution in [0.1, 0.15) is 11.4 Å². The Bertz CT molecular complexity index is 1050. The van der Waals surface area contributed by atoms with E-state index in [2.05, 4.69) is 42.2 Å². The van der Waals surface area contributed by atoms with E-state index in [-0.39, 0.29) is 5.95 Å². The van der Waals surface area contributed by atoms with Crippen LogP contribution in [-0.2, 0) is 6.54 Å². The van der Waals surface area contributed by atoms with Gasteiger partial charge < -0.3 is 25.4 Å². The number of methoxy groups -OCH3 is 2. The van der Waals surface area contributed by atoms with Crippen molar-refractivity contribution in [3.05, 3.63) is 53.9 Å². The Hall–Kier alpha value is -3.59. The summed E-state index contributed by atoms with van der Waals surface area (Å²) >= 11 is 0. The van der Waals surface area contributed by atoms with Gasteiger partial charge in [-0.25, -0.2) is 0 Å². The Morgan fingerprint density at radius 1 is 0.938 bits per heavy atom. The summed E-state index contributed by atoms with van der Waals surface area (Å²) in [6.07, 6.45) is 0. The first-order valence-corrected chi connectivity index (χ1v) is 10.6. The van der Waals surface area contributed by atoms with Crippen LogP contribution in [0.25, 0.3) is 0 Å². The molecule has 0 amide bonds. The van der Waals surface area contributed by atoms with Gasteiger partial charge in [0.2, 0.25) is 11.9 Å². The van der Waals surface area contributed by atoms with Crippen molar-refractivity contribution in [2.45, 2.75) is 13.5 Å². The molecule has 4 rings (SSSR count). The number of rotatable bonds is 7. The van der Waals surface area contributed by atoms with E-state index >= 15 is 0 Å². The van der Waals surface area contributed by atoms with Crippen LogP contribution in [0.2, 0.25) is 0 Å². The SMILES string of the molecule is COc1ccc(N2CCN(Cc3nc(N)nc(Nc4cc(C)ccc4OC)n3)CC2)cc1. The molecule has 9 heteroatoms. The van der Waals surface area contributed by atoms with Gasteiger partial charge >= 0.3 is 0 Å². The predicted molar refractivity (Wildman–Crippen MR) is 126 cm³/mol. The van der Waals surface area contributed by atoms with Crippen molar-refractivity contribution in [1.82, 2.24) is 19.9 Å². The highest BCUT2D eigenvalue weighted by molar-refractivity contribution is 5.63. The molecule has 32 heavy (non-hydrogen) atoms. The molecule has 0 unspecified atom stereocenters. The van der Waals surface area contributed by atoms with Gasteiger partial charge in [-0.3, -0.25) is 4.90 Å². The largest absolute Gasteiger partial charge is 0.497 e. The second-order valence-corrected chi connectivity index (χ2v) is 7.72. The Labute approximate surface area is 188 Å². The molecular weight excluding hydrogens is 406 g/mol. The topological polar surface area (TPSA) is 102 Å². The normalized spacial score (nSPS) is 14.3. The smallest absolute Gasteiger partial charge is 0.232 e. The van der Waals surface area contributed by atoms with E-state index in [1.807, 2.05) is 37.3 Å². The summed E-state index contributed by atoms with van der Waals surface area (Å²) in [6.45, 7) is 6.31. The summed E-state index contributed by atoms with van der Waals surface area (Å²) in [7, 11) is 3.31. The fourth-order valence-electron chi connectivity index (χ4n) is 3.76. The Kier molecular flexibility index (Phi) is 6.55. The third-order valence-corrected chi connectivity index (χ3v) is 5.48. The van der Waals surface area contributed by atoms with Gasteiger partial charge in [0.1, 0.15) is 17.3 Å². The van der Waals surface area contributed by atoms with Crippen LogP contribution >= 0.6 is 0 Å². The van der Waals surface area contributed by atoms with E-state index in [0.29, 0.717) is 24.1 Å². The monoisotopic (exact) mass is 435 g/mol. The number of hydrogen-bond acceptors (Lipinski definition) is 9. The molecule has 2 heterocycles. The van der Waals surface area contributed by atoms with Crippen LogP contribution in [-0.4, -0.2) is 60.3 Å². The zero-order chi connectivity index (χ0) is 22.5. The van der Waals surface area contributed by atoms with Crippen molar-refractivity contribution in [3.63, 3.8) is 0 Å². The first-order chi connectivity index (χ1) is 15.5. The highest BCUT2D eigenvalue weighted by Crippen LogP contribution is 2.27. The molecule has 9 nitrogen and oxygen atoms in total. The Morgan fingerprint density at radius 3 is 2.38 bits per heavy atom. The minimum atomic E-state index is 0.195. The molecule has 1 fully saturated rings. The number of nitrogens with zero attached hydrogens (tertiary/aromatic N) is 5. The minimum Gasteiger partial charge on any atom is -0.497 e. The second-order valence-electron chi connectivity index (χ2n) is 7.72. The van der Waals surface area contributed by atoms with Crippen LogP contribution < -0.4 is 25.4 Å². The summed E-state index contributed by atoms with van der Waals surface area (Å²) in [6, 6.07) is 14.1. The summed E-state index contributed by atoms with van der Waals surface area (Å²) in [5, 5.41) is 3.22. The number of nitrogens with one attached hydrogen (secondary N) is 1. The zero-order valence-electron chi connectivity index (χ0n) is 18.7. The summed E-state index contributed by atoms with van der Waals surface area (Å²) < 4.78 is 10.7. The molecule has 1 aliphatic heterocycles. The van der Waals surface area contributed by atoms with Gasteiger partial charge in [-0.05, 0) is 48.9 Å². The van der Waals surface area contributed by atoms with Gasteiger partial charge in [-0.1, -0.05) is 6.07 Å². The lowest BCUT2D eigenvalue weighted by Gasteiger charge is -2.35. The maximum absolute atomic E-state index is 5.97. The maximum atomic E-state index is 5.97. The van der Waals surface area contributed by atoms with Gasteiger partial charge in [-0.2, -0.15) is 15.0 Å². The number of nitrogens with two attached hydrogens (primary N) is 1. The molecule has 1 aromatic heterocycles. The molecular formula is C23H29N7O2. The van der Waals surface area contributed by atoms with Gasteiger partial charge in [0.15, 0.2) is 0 Å². The van der Waals surface area contributed by atoms with Crippen molar-refractivity contribution in [2.75, 3.05) is 56.3 Å². The number of hydrogen-bond donors (Lipinski definition) is 2. The number of piperazine rings is 1. The fraction of sp³-hybridized carbons (Fsp3) is 0.348. The zero-order valence-corrected chi connectivity index (χ0v) is 18.7. The van der Waals surface area contributed by atoms with Crippen LogP contribution in [0.3, 0.4) is 0 Å². The van der Waals surface area contributed by atoms with Gasteiger partial charge in [0, 0.05) is 31.9 Å². The molecule has 0 atom stereocenters. The highest BCUT2D eigenvalue weighted by Gasteiger charge is 2.19. The number of aromatic nitrogens is 3. The third-order valence-electron chi connectivity index (χ3n) is 5.48. The number of benzene rings is 2. The van der Waals surface area contributed by atoms with Crippen molar-refractivity contribution in [1.29, 1.82) is 0 Å². The maximum Gasteiger partial charge on any atom is 0.232 e. The van der Waals surface area contributed by atoms with Crippen molar-refractivity contribution >= 4 is 23.3 Å². The summed E-state index contributed by atoms with van der Waals surface area (Å²) in [5.74, 6) is 2.83. The van der Waals surface area contributed by atoms with Crippen molar-refractivity contribution < 1.29 is 9.47 Å². The van der Waals surface area contributed by atoms with E-state index < -0.39 is 0 Å². The fourth-order valence-corrected chi connectivity index (χ4v) is 3.76. The average Bonchev–Trinajstić information content (AvgIpc) is 2.79. The van der Waals surface area contributed by atoms with Crippen molar-refractivity contribution in [2.24, 2.45) is 0 Å². The molecule has 0 saturated carbocycles. The Morgan fingerprint density at radius 2 is 1.69 bits per heavy atom. The van der Waals surface area contributed by atoms with Crippen LogP contribution in [0, 0.1) is 6.92 Å². The van der Waals surface area contributed by atoms with Crippen LogP contribution in [0.4, 0.5) is 23.3 Å². The summed E-state index contributed by atoms with van der Waals surface area (Å²) in [5.41, 5.74) is 9.06. The number of anilines is 4. The molecule has 168 valence electrons. The van der Waals surface area contributed by atoms with E-state index in [0.717, 1.165) is 43.2 Å². The van der Waals surface area contributed by atoms with Gasteiger partial charge in [0.05, 0.1) is 26.5 Å². The molecule has 1 aliphatic rings. The first kappa shape index (κ1) is 21.6. The molecule has 3 N–H and O–H groups in total. The molecule has 2 aromatic carbocycles. The van der Waals surface area contributed by atoms with Crippen LogP contribution in [0.15, 0.2) is 42.5 Å². The molecule has 3 aromatic rings. The second kappa shape index (κ2) is 9.69. The minimum absolute atomic E-state index is 0.195. The van der Waals surface area contributed by atoms with E-state index in [1.54, 1.807) is 14.2 Å². The van der Waals surface area contributed by atoms with Crippen LogP contribution in [0.5, 0.6) is 11.5 Å². The first-order valence-electron chi connectivity index (χ1n) is 10.6. The van der Waals surface area contributed by atoms with E-state index in [4.69, 9.17) is 15.2 Å². The molecule has 0 spiro atoms. The molecule has 0 bridgehead atoms. The highest BCUT2D eigenvalue weighted by atomic mass is 16.5. The molecule has 0 radical (unpaired) electrons. The third kappa shape index (κ3) is 5.17. The molecule has 0 aliphatic carbocycles. The lowest BCUT2D eigenvalue weighted by atomic mass is 10.2. The van der Waals surface area contributed by atoms with E-state index in [9.17, 15) is 0 Å². The quantitative estimate of drug-likeness (QED) is 0.580. The average molecular weight is 436 g/mol. The lowest BCUT2D eigenvalue weighted by Crippen LogP contribution is -2.46. The van der Waals surface area contributed by atoms with E-state index in [1.165, 1.54) is 5.69 Å². The molecule has 1 saturated heterocycles.